The maximum absolute atomic E-state index is 12.5. The van der Waals surface area contributed by atoms with Gasteiger partial charge in [-0.3, -0.25) is 4.79 Å². The van der Waals surface area contributed by atoms with E-state index in [1.807, 2.05) is 49.4 Å². The minimum Gasteiger partial charge on any atom is -0.497 e. The van der Waals surface area contributed by atoms with Crippen molar-refractivity contribution in [1.29, 1.82) is 0 Å². The molecule has 0 bridgehead atoms. The van der Waals surface area contributed by atoms with Gasteiger partial charge in [0.15, 0.2) is 0 Å². The van der Waals surface area contributed by atoms with Crippen LogP contribution in [0, 0.1) is 5.92 Å². The summed E-state index contributed by atoms with van der Waals surface area (Å²) in [5, 5.41) is 2.99. The SMILES string of the molecule is CCOc1ccc(CNC(=O)[C@@H]2COc3ccc(OC)cc3C2)cc1. The molecule has 0 saturated heterocycles. The van der Waals surface area contributed by atoms with Gasteiger partial charge in [0.25, 0.3) is 0 Å². The van der Waals surface area contributed by atoms with Gasteiger partial charge in [-0.25, -0.2) is 0 Å². The molecule has 2 aromatic rings. The number of methoxy groups -OCH3 is 1. The van der Waals surface area contributed by atoms with E-state index in [2.05, 4.69) is 5.32 Å². The van der Waals surface area contributed by atoms with Crippen LogP contribution in [0.1, 0.15) is 18.1 Å². The van der Waals surface area contributed by atoms with Gasteiger partial charge >= 0.3 is 0 Å². The lowest BCUT2D eigenvalue weighted by atomic mass is 9.95. The number of rotatable bonds is 6. The maximum Gasteiger partial charge on any atom is 0.227 e. The number of fused-ring (bicyclic) bond motifs is 1. The highest BCUT2D eigenvalue weighted by molar-refractivity contribution is 5.79. The van der Waals surface area contributed by atoms with Crippen molar-refractivity contribution in [1.82, 2.24) is 5.32 Å². The highest BCUT2D eigenvalue weighted by Crippen LogP contribution is 2.30. The zero-order valence-electron chi connectivity index (χ0n) is 14.6. The molecule has 1 atom stereocenters. The van der Waals surface area contributed by atoms with E-state index >= 15 is 0 Å². The van der Waals surface area contributed by atoms with Gasteiger partial charge in [-0.1, -0.05) is 12.1 Å². The van der Waals surface area contributed by atoms with Crippen molar-refractivity contribution in [3.8, 4) is 17.2 Å². The number of hydrogen-bond acceptors (Lipinski definition) is 4. The molecule has 132 valence electrons. The molecule has 0 fully saturated rings. The molecule has 3 rings (SSSR count). The number of benzene rings is 2. The van der Waals surface area contributed by atoms with Crippen molar-refractivity contribution >= 4 is 5.91 Å². The summed E-state index contributed by atoms with van der Waals surface area (Å²) in [7, 11) is 1.63. The summed E-state index contributed by atoms with van der Waals surface area (Å²) in [6.45, 7) is 3.49. The van der Waals surface area contributed by atoms with Crippen molar-refractivity contribution in [3.05, 3.63) is 53.6 Å². The molecule has 0 saturated carbocycles. The molecular weight excluding hydrogens is 318 g/mol. The Morgan fingerprint density at radius 1 is 1.20 bits per heavy atom. The van der Waals surface area contributed by atoms with Gasteiger partial charge in [0.05, 0.1) is 19.6 Å². The third-order valence-corrected chi connectivity index (χ3v) is 4.25. The van der Waals surface area contributed by atoms with E-state index in [1.165, 1.54) is 0 Å². The van der Waals surface area contributed by atoms with Gasteiger partial charge in [-0.2, -0.15) is 0 Å². The smallest absolute Gasteiger partial charge is 0.227 e. The Morgan fingerprint density at radius 3 is 2.68 bits per heavy atom. The molecular formula is C20H23NO4. The number of carbonyl (C=O) groups excluding carboxylic acids is 1. The Labute approximate surface area is 147 Å². The normalized spacial score (nSPS) is 15.7. The lowest BCUT2D eigenvalue weighted by molar-refractivity contribution is -0.126. The fourth-order valence-electron chi connectivity index (χ4n) is 2.87. The second kappa shape index (κ2) is 7.92. The fraction of sp³-hybridized carbons (Fsp3) is 0.350. The highest BCUT2D eigenvalue weighted by atomic mass is 16.5. The summed E-state index contributed by atoms with van der Waals surface area (Å²) in [5.41, 5.74) is 2.04. The van der Waals surface area contributed by atoms with Crippen LogP contribution in [-0.4, -0.2) is 26.2 Å². The van der Waals surface area contributed by atoms with Crippen LogP contribution in [0.4, 0.5) is 0 Å². The number of amides is 1. The average Bonchev–Trinajstić information content (AvgIpc) is 2.66. The van der Waals surface area contributed by atoms with Crippen LogP contribution in [0.3, 0.4) is 0 Å². The van der Waals surface area contributed by atoms with E-state index in [0.29, 0.717) is 26.2 Å². The Hall–Kier alpha value is -2.69. The highest BCUT2D eigenvalue weighted by Gasteiger charge is 2.26. The molecule has 0 spiro atoms. The van der Waals surface area contributed by atoms with Crippen molar-refractivity contribution < 1.29 is 19.0 Å². The van der Waals surface area contributed by atoms with Gasteiger partial charge in [0.2, 0.25) is 5.91 Å². The van der Waals surface area contributed by atoms with E-state index in [1.54, 1.807) is 7.11 Å². The summed E-state index contributed by atoms with van der Waals surface area (Å²) < 4.78 is 16.4. The minimum atomic E-state index is -0.192. The quantitative estimate of drug-likeness (QED) is 0.878. The topological polar surface area (TPSA) is 56.8 Å². The van der Waals surface area contributed by atoms with Gasteiger partial charge in [0.1, 0.15) is 23.9 Å². The van der Waals surface area contributed by atoms with Crippen LogP contribution in [0.2, 0.25) is 0 Å². The second-order valence-electron chi connectivity index (χ2n) is 5.98. The predicted octanol–water partition coefficient (Wildman–Crippen LogP) is 2.96. The van der Waals surface area contributed by atoms with Crippen LogP contribution < -0.4 is 19.5 Å². The standard InChI is InChI=1S/C20H23NO4/c1-3-24-17-6-4-14(5-7-17)12-21-20(22)16-10-15-11-18(23-2)8-9-19(15)25-13-16/h4-9,11,16H,3,10,12-13H2,1-2H3,(H,21,22)/t16-/m0/s1. The van der Waals surface area contributed by atoms with Gasteiger partial charge in [-0.05, 0) is 54.8 Å². The summed E-state index contributed by atoms with van der Waals surface area (Å²) in [4.78, 5) is 12.5. The predicted molar refractivity (Wildman–Crippen MR) is 95.1 cm³/mol. The first-order valence-electron chi connectivity index (χ1n) is 8.48. The molecule has 1 heterocycles. The largest absolute Gasteiger partial charge is 0.497 e. The van der Waals surface area contributed by atoms with E-state index in [0.717, 1.165) is 28.4 Å². The van der Waals surface area contributed by atoms with Crippen molar-refractivity contribution in [2.24, 2.45) is 5.92 Å². The second-order valence-corrected chi connectivity index (χ2v) is 5.98. The molecule has 1 aliphatic heterocycles. The first-order chi connectivity index (χ1) is 12.2. The Morgan fingerprint density at radius 2 is 1.96 bits per heavy atom. The zero-order valence-corrected chi connectivity index (χ0v) is 14.6. The zero-order chi connectivity index (χ0) is 17.6. The van der Waals surface area contributed by atoms with E-state index < -0.39 is 0 Å². The Kier molecular flexibility index (Phi) is 5.43. The van der Waals surface area contributed by atoms with Gasteiger partial charge in [-0.15, -0.1) is 0 Å². The van der Waals surface area contributed by atoms with E-state index in [4.69, 9.17) is 14.2 Å². The average molecular weight is 341 g/mol. The fourth-order valence-corrected chi connectivity index (χ4v) is 2.87. The minimum absolute atomic E-state index is 0.00218. The molecule has 1 aliphatic rings. The van der Waals surface area contributed by atoms with Crippen LogP contribution in [0.5, 0.6) is 17.2 Å². The Balaban J connectivity index is 1.56. The summed E-state index contributed by atoms with van der Waals surface area (Å²) in [6, 6.07) is 13.4. The van der Waals surface area contributed by atoms with Gasteiger partial charge < -0.3 is 19.5 Å². The van der Waals surface area contributed by atoms with Crippen molar-refractivity contribution in [3.63, 3.8) is 0 Å². The first kappa shape index (κ1) is 17.1. The van der Waals surface area contributed by atoms with Crippen molar-refractivity contribution in [2.75, 3.05) is 20.3 Å². The van der Waals surface area contributed by atoms with Crippen molar-refractivity contribution in [2.45, 2.75) is 19.9 Å². The van der Waals surface area contributed by atoms with E-state index in [9.17, 15) is 4.79 Å². The molecule has 5 nitrogen and oxygen atoms in total. The molecule has 2 aromatic carbocycles. The van der Waals surface area contributed by atoms with Crippen LogP contribution in [0.25, 0.3) is 0 Å². The number of hydrogen-bond donors (Lipinski definition) is 1. The molecule has 1 amide bonds. The third-order valence-electron chi connectivity index (χ3n) is 4.25. The lowest BCUT2D eigenvalue weighted by Crippen LogP contribution is -2.37. The molecule has 25 heavy (non-hydrogen) atoms. The molecule has 0 radical (unpaired) electrons. The molecule has 0 aromatic heterocycles. The van der Waals surface area contributed by atoms with Crippen LogP contribution in [0.15, 0.2) is 42.5 Å². The summed E-state index contributed by atoms with van der Waals surface area (Å²) in [5.74, 6) is 2.25. The summed E-state index contributed by atoms with van der Waals surface area (Å²) >= 11 is 0. The third kappa shape index (κ3) is 4.24. The summed E-state index contributed by atoms with van der Waals surface area (Å²) in [6.07, 6.45) is 0.654. The van der Waals surface area contributed by atoms with Crippen LogP contribution in [-0.2, 0) is 17.8 Å². The van der Waals surface area contributed by atoms with E-state index in [-0.39, 0.29) is 11.8 Å². The molecule has 5 heteroatoms. The van der Waals surface area contributed by atoms with Crippen LogP contribution >= 0.6 is 0 Å². The monoisotopic (exact) mass is 341 g/mol. The number of carbonyl (C=O) groups is 1. The number of nitrogens with one attached hydrogen (secondary N) is 1. The first-order valence-corrected chi connectivity index (χ1v) is 8.48. The number of ether oxygens (including phenoxy) is 3. The molecule has 1 N–H and O–H groups in total. The lowest BCUT2D eigenvalue weighted by Gasteiger charge is -2.25. The Bertz CT molecular complexity index is 727. The molecule has 0 aliphatic carbocycles. The van der Waals surface area contributed by atoms with Gasteiger partial charge in [0, 0.05) is 6.54 Å². The maximum atomic E-state index is 12.5. The molecule has 0 unspecified atom stereocenters.